The van der Waals surface area contributed by atoms with E-state index in [9.17, 15) is 4.79 Å². The third-order valence-corrected chi connectivity index (χ3v) is 4.28. The number of fused-ring (bicyclic) bond motifs is 1. The molecule has 3 rings (SSSR count). The Bertz CT molecular complexity index is 525. The first-order valence-corrected chi connectivity index (χ1v) is 7.60. The summed E-state index contributed by atoms with van der Waals surface area (Å²) < 4.78 is 5.24. The lowest BCUT2D eigenvalue weighted by Gasteiger charge is -2.20. The van der Waals surface area contributed by atoms with E-state index in [2.05, 4.69) is 22.2 Å². The molecule has 2 N–H and O–H groups in total. The molecule has 2 amide bonds. The summed E-state index contributed by atoms with van der Waals surface area (Å²) in [6, 6.07) is 3.32. The molecular formula is C15H22N4O3. The highest BCUT2D eigenvalue weighted by atomic mass is 16.5. The molecule has 7 nitrogen and oxygen atoms in total. The van der Waals surface area contributed by atoms with Crippen LogP contribution in [0, 0.1) is 11.8 Å². The molecule has 120 valence electrons. The van der Waals surface area contributed by atoms with Crippen LogP contribution in [-0.4, -0.2) is 72.4 Å². The molecule has 22 heavy (non-hydrogen) atoms. The van der Waals surface area contributed by atoms with Crippen molar-refractivity contribution in [1.82, 2.24) is 14.8 Å². The van der Waals surface area contributed by atoms with Gasteiger partial charge < -0.3 is 25.0 Å². The SMILES string of the molecule is CN1C[C@@H]2CN(C(=O)Nc3ccnc(OCCO)c3)C[C@@H]2C1. The molecule has 2 saturated heterocycles. The molecule has 0 saturated carbocycles. The first kappa shape index (κ1) is 15.1. The maximum Gasteiger partial charge on any atom is 0.321 e. The summed E-state index contributed by atoms with van der Waals surface area (Å²) >= 11 is 0. The van der Waals surface area contributed by atoms with Crippen LogP contribution in [0.1, 0.15) is 0 Å². The highest BCUT2D eigenvalue weighted by Crippen LogP contribution is 2.30. The van der Waals surface area contributed by atoms with Gasteiger partial charge in [-0.25, -0.2) is 9.78 Å². The summed E-state index contributed by atoms with van der Waals surface area (Å²) in [6.45, 7) is 3.90. The Labute approximate surface area is 129 Å². The van der Waals surface area contributed by atoms with Crippen LogP contribution in [0.15, 0.2) is 18.3 Å². The van der Waals surface area contributed by atoms with E-state index in [1.165, 1.54) is 0 Å². The number of pyridine rings is 1. The quantitative estimate of drug-likeness (QED) is 0.846. The van der Waals surface area contributed by atoms with Crippen molar-refractivity contribution in [2.75, 3.05) is 51.8 Å². The molecule has 1 aromatic heterocycles. The summed E-state index contributed by atoms with van der Waals surface area (Å²) in [4.78, 5) is 20.6. The van der Waals surface area contributed by atoms with Crippen molar-refractivity contribution in [2.24, 2.45) is 11.8 Å². The van der Waals surface area contributed by atoms with Gasteiger partial charge in [-0.2, -0.15) is 0 Å². The number of aliphatic hydroxyl groups excluding tert-OH is 1. The van der Waals surface area contributed by atoms with Gasteiger partial charge in [0.15, 0.2) is 0 Å². The van der Waals surface area contributed by atoms with Gasteiger partial charge in [0.25, 0.3) is 0 Å². The van der Waals surface area contributed by atoms with E-state index < -0.39 is 0 Å². The van der Waals surface area contributed by atoms with Gasteiger partial charge >= 0.3 is 6.03 Å². The van der Waals surface area contributed by atoms with Crippen molar-refractivity contribution < 1.29 is 14.6 Å². The van der Waals surface area contributed by atoms with Crippen LogP contribution in [0.25, 0.3) is 0 Å². The lowest BCUT2D eigenvalue weighted by molar-refractivity contribution is 0.196. The molecule has 0 aliphatic carbocycles. The topological polar surface area (TPSA) is 77.9 Å². The summed E-state index contributed by atoms with van der Waals surface area (Å²) in [6.07, 6.45) is 1.58. The fraction of sp³-hybridized carbons (Fsp3) is 0.600. The van der Waals surface area contributed by atoms with Crippen LogP contribution in [0.2, 0.25) is 0 Å². The highest BCUT2D eigenvalue weighted by molar-refractivity contribution is 5.89. The summed E-state index contributed by atoms with van der Waals surface area (Å²) in [7, 11) is 2.13. The average Bonchev–Trinajstić information content (AvgIpc) is 3.03. The third-order valence-electron chi connectivity index (χ3n) is 4.28. The number of likely N-dealkylation sites (tertiary alicyclic amines) is 2. The number of nitrogens with zero attached hydrogens (tertiary/aromatic N) is 3. The lowest BCUT2D eigenvalue weighted by Crippen LogP contribution is -2.35. The molecule has 0 spiro atoms. The molecule has 1 aromatic rings. The van der Waals surface area contributed by atoms with Crippen molar-refractivity contribution in [3.8, 4) is 5.88 Å². The number of carbonyl (C=O) groups excluding carboxylic acids is 1. The molecule has 2 fully saturated rings. The van der Waals surface area contributed by atoms with Gasteiger partial charge in [0.05, 0.1) is 6.61 Å². The molecule has 0 bridgehead atoms. The van der Waals surface area contributed by atoms with Crippen molar-refractivity contribution in [3.63, 3.8) is 0 Å². The third kappa shape index (κ3) is 3.31. The Morgan fingerprint density at radius 2 is 2.14 bits per heavy atom. The largest absolute Gasteiger partial charge is 0.475 e. The lowest BCUT2D eigenvalue weighted by atomic mass is 10.0. The van der Waals surface area contributed by atoms with Crippen LogP contribution < -0.4 is 10.1 Å². The highest BCUT2D eigenvalue weighted by Gasteiger charge is 2.40. The molecule has 3 heterocycles. The predicted molar refractivity (Wildman–Crippen MR) is 81.9 cm³/mol. The van der Waals surface area contributed by atoms with Crippen LogP contribution in [-0.2, 0) is 0 Å². The van der Waals surface area contributed by atoms with Crippen molar-refractivity contribution in [3.05, 3.63) is 18.3 Å². The number of aliphatic hydroxyl groups is 1. The monoisotopic (exact) mass is 306 g/mol. The molecule has 2 aliphatic rings. The first-order chi connectivity index (χ1) is 10.7. The number of carbonyl (C=O) groups is 1. The number of ether oxygens (including phenoxy) is 1. The number of nitrogens with one attached hydrogen (secondary N) is 1. The maximum atomic E-state index is 12.4. The van der Waals surface area contributed by atoms with E-state index in [-0.39, 0.29) is 19.2 Å². The molecule has 7 heteroatoms. The fourth-order valence-electron chi connectivity index (χ4n) is 3.31. The Hall–Kier alpha value is -1.86. The van der Waals surface area contributed by atoms with Gasteiger partial charge in [-0.05, 0) is 24.9 Å². The number of hydrogen-bond acceptors (Lipinski definition) is 5. The van der Waals surface area contributed by atoms with Crippen LogP contribution in [0.5, 0.6) is 5.88 Å². The number of rotatable bonds is 4. The zero-order valence-corrected chi connectivity index (χ0v) is 12.7. The van der Waals surface area contributed by atoms with Crippen molar-refractivity contribution in [2.45, 2.75) is 0 Å². The van der Waals surface area contributed by atoms with Crippen LogP contribution >= 0.6 is 0 Å². The number of amides is 2. The smallest absolute Gasteiger partial charge is 0.321 e. The van der Waals surface area contributed by atoms with Crippen molar-refractivity contribution in [1.29, 1.82) is 0 Å². The van der Waals surface area contributed by atoms with E-state index in [1.807, 2.05) is 4.90 Å². The minimum absolute atomic E-state index is 0.0662. The molecule has 0 aromatic carbocycles. The Kier molecular flexibility index (Phi) is 4.44. The average molecular weight is 306 g/mol. The van der Waals surface area contributed by atoms with E-state index in [1.54, 1.807) is 18.3 Å². The van der Waals surface area contributed by atoms with Gasteiger partial charge in [0.2, 0.25) is 5.88 Å². The first-order valence-electron chi connectivity index (χ1n) is 7.60. The second-order valence-electron chi connectivity index (χ2n) is 6.03. The van der Waals surface area contributed by atoms with Gasteiger partial charge in [0, 0.05) is 44.1 Å². The predicted octanol–water partition coefficient (Wildman–Crippen LogP) is 0.478. The van der Waals surface area contributed by atoms with E-state index in [4.69, 9.17) is 9.84 Å². The Morgan fingerprint density at radius 3 is 2.82 bits per heavy atom. The molecular weight excluding hydrogens is 284 g/mol. The number of urea groups is 1. The van der Waals surface area contributed by atoms with Gasteiger partial charge in [0.1, 0.15) is 6.61 Å². The molecule has 0 radical (unpaired) electrons. The van der Waals surface area contributed by atoms with Gasteiger partial charge in [-0.3, -0.25) is 0 Å². The number of aromatic nitrogens is 1. The Morgan fingerprint density at radius 1 is 1.41 bits per heavy atom. The second kappa shape index (κ2) is 6.50. The van der Waals surface area contributed by atoms with Crippen molar-refractivity contribution >= 4 is 11.7 Å². The number of anilines is 1. The van der Waals surface area contributed by atoms with Crippen LogP contribution in [0.4, 0.5) is 10.5 Å². The summed E-state index contributed by atoms with van der Waals surface area (Å²) in [5, 5.41) is 11.6. The minimum Gasteiger partial charge on any atom is -0.475 e. The van der Waals surface area contributed by atoms with Crippen LogP contribution in [0.3, 0.4) is 0 Å². The second-order valence-corrected chi connectivity index (χ2v) is 6.03. The van der Waals surface area contributed by atoms with Gasteiger partial charge in [-0.1, -0.05) is 0 Å². The summed E-state index contributed by atoms with van der Waals surface area (Å²) in [5.41, 5.74) is 0.655. The van der Waals surface area contributed by atoms with E-state index >= 15 is 0 Å². The molecule has 2 atom stereocenters. The number of hydrogen-bond donors (Lipinski definition) is 2. The normalized spacial score (nSPS) is 24.4. The molecule has 2 aliphatic heterocycles. The summed E-state index contributed by atoms with van der Waals surface area (Å²) in [5.74, 6) is 1.58. The van der Waals surface area contributed by atoms with E-state index in [0.717, 1.165) is 26.2 Å². The molecule has 0 unspecified atom stereocenters. The van der Waals surface area contributed by atoms with Gasteiger partial charge in [-0.15, -0.1) is 0 Å². The van der Waals surface area contributed by atoms with E-state index in [0.29, 0.717) is 23.4 Å². The fourth-order valence-corrected chi connectivity index (χ4v) is 3.31. The maximum absolute atomic E-state index is 12.4. The minimum atomic E-state index is -0.0728. The Balaban J connectivity index is 1.56. The zero-order chi connectivity index (χ0) is 15.5. The standard InChI is InChI=1S/C15H22N4O3/c1-18-7-11-9-19(10-12(11)8-18)15(21)17-13-2-3-16-14(6-13)22-5-4-20/h2-3,6,11-12,20H,4-5,7-10H2,1H3,(H,16,17,21)/t11-,12+. The zero-order valence-electron chi connectivity index (χ0n) is 12.7.